The van der Waals surface area contributed by atoms with Gasteiger partial charge in [-0.3, -0.25) is 4.79 Å². The van der Waals surface area contributed by atoms with Crippen molar-refractivity contribution in [3.63, 3.8) is 0 Å². The van der Waals surface area contributed by atoms with Crippen LogP contribution in [-0.2, 0) is 4.79 Å². The summed E-state index contributed by atoms with van der Waals surface area (Å²) in [5, 5.41) is -0.132. The molecular formula is C12H22ClNO. The normalized spacial score (nSPS) is 26.9. The SMILES string of the molecule is CCCN(CC)C1CCC(C(=O)Cl)CC1. The van der Waals surface area contributed by atoms with Gasteiger partial charge in [-0.15, -0.1) is 0 Å². The Labute approximate surface area is 98.0 Å². The lowest BCUT2D eigenvalue weighted by Crippen LogP contribution is -2.39. The molecule has 1 aliphatic rings. The molecule has 1 fully saturated rings. The molecular weight excluding hydrogens is 210 g/mol. The Hall–Kier alpha value is -0.0800. The van der Waals surface area contributed by atoms with Crippen molar-refractivity contribution in [3.8, 4) is 0 Å². The van der Waals surface area contributed by atoms with Gasteiger partial charge in [0.05, 0.1) is 0 Å². The van der Waals surface area contributed by atoms with Gasteiger partial charge in [0, 0.05) is 12.0 Å². The monoisotopic (exact) mass is 231 g/mol. The highest BCUT2D eigenvalue weighted by Gasteiger charge is 2.27. The van der Waals surface area contributed by atoms with Crippen LogP contribution in [0.5, 0.6) is 0 Å². The predicted molar refractivity (Wildman–Crippen MR) is 64.1 cm³/mol. The van der Waals surface area contributed by atoms with Gasteiger partial charge in [-0.25, -0.2) is 0 Å². The van der Waals surface area contributed by atoms with E-state index in [1.807, 2.05) is 0 Å². The molecule has 0 aromatic heterocycles. The summed E-state index contributed by atoms with van der Waals surface area (Å²) in [4.78, 5) is 13.6. The van der Waals surface area contributed by atoms with Crippen LogP contribution in [0.15, 0.2) is 0 Å². The molecule has 0 bridgehead atoms. The van der Waals surface area contributed by atoms with Gasteiger partial charge in [0.15, 0.2) is 0 Å². The first-order valence-corrected chi connectivity index (χ1v) is 6.50. The fourth-order valence-corrected chi connectivity index (χ4v) is 2.77. The summed E-state index contributed by atoms with van der Waals surface area (Å²) in [6, 6.07) is 0.683. The first kappa shape index (κ1) is 13.0. The Balaban J connectivity index is 2.38. The van der Waals surface area contributed by atoms with Crippen LogP contribution >= 0.6 is 11.6 Å². The number of rotatable bonds is 5. The van der Waals surface area contributed by atoms with Gasteiger partial charge >= 0.3 is 0 Å². The molecule has 0 aliphatic heterocycles. The lowest BCUT2D eigenvalue weighted by atomic mass is 9.86. The molecule has 0 saturated heterocycles. The van der Waals surface area contributed by atoms with E-state index in [0.717, 1.165) is 32.2 Å². The molecule has 1 aliphatic carbocycles. The maximum Gasteiger partial charge on any atom is 0.224 e. The summed E-state index contributed by atoms with van der Waals surface area (Å²) in [7, 11) is 0. The average molecular weight is 232 g/mol. The zero-order valence-corrected chi connectivity index (χ0v) is 10.6. The lowest BCUT2D eigenvalue weighted by Gasteiger charge is -2.35. The van der Waals surface area contributed by atoms with Gasteiger partial charge in [-0.2, -0.15) is 0 Å². The molecule has 0 aromatic carbocycles. The Bertz CT molecular complexity index is 200. The van der Waals surface area contributed by atoms with Gasteiger partial charge < -0.3 is 4.90 Å². The highest BCUT2D eigenvalue weighted by atomic mass is 35.5. The minimum absolute atomic E-state index is 0.128. The summed E-state index contributed by atoms with van der Waals surface area (Å²) in [6.45, 7) is 6.74. The molecule has 0 atom stereocenters. The van der Waals surface area contributed by atoms with Crippen molar-refractivity contribution in [1.82, 2.24) is 4.90 Å². The van der Waals surface area contributed by atoms with Gasteiger partial charge in [0.1, 0.15) is 0 Å². The number of hydrogen-bond acceptors (Lipinski definition) is 2. The summed E-state index contributed by atoms with van der Waals surface area (Å²) < 4.78 is 0. The van der Waals surface area contributed by atoms with Crippen LogP contribution in [-0.4, -0.2) is 29.3 Å². The molecule has 0 heterocycles. The molecule has 1 saturated carbocycles. The van der Waals surface area contributed by atoms with E-state index in [4.69, 9.17) is 11.6 Å². The van der Waals surface area contributed by atoms with Gasteiger partial charge in [-0.1, -0.05) is 13.8 Å². The third-order valence-electron chi connectivity index (χ3n) is 3.45. The molecule has 0 unspecified atom stereocenters. The van der Waals surface area contributed by atoms with Crippen LogP contribution in [0.1, 0.15) is 46.0 Å². The third-order valence-corrected chi connectivity index (χ3v) is 3.76. The molecule has 3 heteroatoms. The minimum Gasteiger partial charge on any atom is -0.301 e. The second kappa shape index (κ2) is 6.49. The van der Waals surface area contributed by atoms with Crippen LogP contribution in [0.4, 0.5) is 0 Å². The smallest absolute Gasteiger partial charge is 0.224 e. The van der Waals surface area contributed by atoms with Crippen LogP contribution in [0.2, 0.25) is 0 Å². The van der Waals surface area contributed by atoms with Gasteiger partial charge in [-0.05, 0) is 56.8 Å². The quantitative estimate of drug-likeness (QED) is 0.678. The van der Waals surface area contributed by atoms with E-state index in [-0.39, 0.29) is 11.2 Å². The summed E-state index contributed by atoms with van der Waals surface area (Å²) in [6.07, 6.45) is 5.44. The zero-order chi connectivity index (χ0) is 11.3. The molecule has 0 aromatic rings. The number of halogens is 1. The summed E-state index contributed by atoms with van der Waals surface area (Å²) in [5.74, 6) is 0.128. The third kappa shape index (κ3) is 3.76. The highest BCUT2D eigenvalue weighted by Crippen LogP contribution is 2.29. The second-order valence-electron chi connectivity index (χ2n) is 4.44. The molecule has 0 radical (unpaired) electrons. The van der Waals surface area contributed by atoms with Crippen molar-refractivity contribution < 1.29 is 4.79 Å². The molecule has 0 N–H and O–H groups in total. The maximum absolute atomic E-state index is 11.0. The van der Waals surface area contributed by atoms with Crippen molar-refractivity contribution in [2.75, 3.05) is 13.1 Å². The topological polar surface area (TPSA) is 20.3 Å². The Morgan fingerprint density at radius 1 is 1.27 bits per heavy atom. The fourth-order valence-electron chi connectivity index (χ4n) is 2.55. The van der Waals surface area contributed by atoms with Crippen molar-refractivity contribution in [2.24, 2.45) is 5.92 Å². The Kier molecular flexibility index (Phi) is 5.62. The summed E-state index contributed by atoms with van der Waals surface area (Å²) in [5.41, 5.74) is 0. The van der Waals surface area contributed by atoms with Crippen LogP contribution in [0.25, 0.3) is 0 Å². The standard InChI is InChI=1S/C12H22ClNO/c1-3-9-14(4-2)11-7-5-10(6-8-11)12(13)15/h10-11H,3-9H2,1-2H3. The largest absolute Gasteiger partial charge is 0.301 e. The first-order chi connectivity index (χ1) is 7.19. The fraction of sp³-hybridized carbons (Fsp3) is 0.917. The molecule has 15 heavy (non-hydrogen) atoms. The number of nitrogens with zero attached hydrogens (tertiary/aromatic N) is 1. The number of hydrogen-bond donors (Lipinski definition) is 0. The van der Waals surface area contributed by atoms with Gasteiger partial charge in [0.25, 0.3) is 0 Å². The lowest BCUT2D eigenvalue weighted by molar-refractivity contribution is -0.116. The molecule has 0 spiro atoms. The predicted octanol–water partition coefficient (Wildman–Crippen LogP) is 3.04. The van der Waals surface area contributed by atoms with E-state index in [9.17, 15) is 4.79 Å². The Morgan fingerprint density at radius 2 is 1.87 bits per heavy atom. The van der Waals surface area contributed by atoms with Crippen LogP contribution in [0, 0.1) is 5.92 Å². The van der Waals surface area contributed by atoms with E-state index in [1.54, 1.807) is 0 Å². The summed E-state index contributed by atoms with van der Waals surface area (Å²) >= 11 is 5.53. The number of carbonyl (C=O) groups is 1. The van der Waals surface area contributed by atoms with Crippen molar-refractivity contribution in [3.05, 3.63) is 0 Å². The molecule has 2 nitrogen and oxygen atoms in total. The second-order valence-corrected chi connectivity index (χ2v) is 4.81. The van der Waals surface area contributed by atoms with E-state index in [1.165, 1.54) is 13.0 Å². The van der Waals surface area contributed by atoms with Crippen molar-refractivity contribution in [1.29, 1.82) is 0 Å². The molecule has 0 amide bonds. The minimum atomic E-state index is -0.132. The van der Waals surface area contributed by atoms with E-state index in [2.05, 4.69) is 18.7 Å². The highest BCUT2D eigenvalue weighted by molar-refractivity contribution is 6.63. The van der Waals surface area contributed by atoms with Crippen LogP contribution in [0.3, 0.4) is 0 Å². The van der Waals surface area contributed by atoms with Gasteiger partial charge in [0.2, 0.25) is 5.24 Å². The van der Waals surface area contributed by atoms with E-state index < -0.39 is 0 Å². The Morgan fingerprint density at radius 3 is 2.27 bits per heavy atom. The van der Waals surface area contributed by atoms with Crippen molar-refractivity contribution in [2.45, 2.75) is 52.0 Å². The van der Waals surface area contributed by atoms with E-state index >= 15 is 0 Å². The molecule has 88 valence electrons. The van der Waals surface area contributed by atoms with E-state index in [0.29, 0.717) is 6.04 Å². The molecule has 1 rings (SSSR count). The maximum atomic E-state index is 11.0. The number of carbonyl (C=O) groups excluding carboxylic acids is 1. The zero-order valence-electron chi connectivity index (χ0n) is 9.84. The average Bonchev–Trinajstić information content (AvgIpc) is 2.26. The van der Waals surface area contributed by atoms with Crippen molar-refractivity contribution >= 4 is 16.8 Å². The van der Waals surface area contributed by atoms with Crippen LogP contribution < -0.4 is 0 Å². The first-order valence-electron chi connectivity index (χ1n) is 6.12.